The summed E-state index contributed by atoms with van der Waals surface area (Å²) in [7, 11) is 3.60. The highest BCUT2D eigenvalue weighted by atomic mass is 35.5. The second-order valence-electron chi connectivity index (χ2n) is 5.86. The van der Waals surface area contributed by atoms with Gasteiger partial charge in [0.25, 0.3) is 5.91 Å². The molecule has 3 heterocycles. The Morgan fingerprint density at radius 3 is 2.61 bits per heavy atom. The van der Waals surface area contributed by atoms with Gasteiger partial charge in [0, 0.05) is 26.8 Å². The third-order valence-electron chi connectivity index (χ3n) is 4.25. The summed E-state index contributed by atoms with van der Waals surface area (Å²) in [4.78, 5) is 14.8. The van der Waals surface area contributed by atoms with E-state index in [0.29, 0.717) is 22.3 Å². The predicted molar refractivity (Wildman–Crippen MR) is 88.7 cm³/mol. The summed E-state index contributed by atoms with van der Waals surface area (Å²) in [5, 5.41) is 9.38. The van der Waals surface area contributed by atoms with Crippen molar-refractivity contribution in [2.75, 3.05) is 6.54 Å². The molecule has 0 bridgehead atoms. The number of likely N-dealkylation sites (tertiary alicyclic amines) is 1. The Hall–Kier alpha value is -1.53. The highest BCUT2D eigenvalue weighted by Gasteiger charge is 2.33. The Balaban J connectivity index is 1.99. The van der Waals surface area contributed by atoms with Gasteiger partial charge < -0.3 is 4.90 Å². The molecule has 1 aliphatic heterocycles. The van der Waals surface area contributed by atoms with Crippen molar-refractivity contribution >= 4 is 29.1 Å². The molecular weight excluding hydrogens is 337 g/mol. The maximum Gasteiger partial charge on any atom is 0.276 e. The van der Waals surface area contributed by atoms with Crippen LogP contribution in [0.5, 0.6) is 0 Å². The number of halogens is 2. The Labute approximate surface area is 145 Å². The Kier molecular flexibility index (Phi) is 4.64. The van der Waals surface area contributed by atoms with Gasteiger partial charge in [-0.1, -0.05) is 36.0 Å². The van der Waals surface area contributed by atoms with Gasteiger partial charge in [0.2, 0.25) is 0 Å². The van der Waals surface area contributed by atoms with Crippen molar-refractivity contribution in [3.05, 3.63) is 33.8 Å². The first-order valence-electron chi connectivity index (χ1n) is 7.66. The van der Waals surface area contributed by atoms with E-state index in [4.69, 9.17) is 23.2 Å². The molecule has 23 heavy (non-hydrogen) atoms. The summed E-state index contributed by atoms with van der Waals surface area (Å²) in [5.74, 6) is -0.153. The number of rotatable bonds is 2. The molecule has 0 spiro atoms. The average Bonchev–Trinajstić information content (AvgIpc) is 2.91. The van der Waals surface area contributed by atoms with Crippen LogP contribution in [0.25, 0.3) is 0 Å². The molecule has 1 amide bonds. The lowest BCUT2D eigenvalue weighted by atomic mass is 10.1. The lowest BCUT2D eigenvalue weighted by Crippen LogP contribution is -2.36. The van der Waals surface area contributed by atoms with Crippen LogP contribution in [0.15, 0.2) is 12.4 Å². The molecule has 0 N–H and O–H groups in total. The molecule has 124 valence electrons. The summed E-state index contributed by atoms with van der Waals surface area (Å²) < 4.78 is 3.30. The van der Waals surface area contributed by atoms with Crippen LogP contribution in [0, 0.1) is 0 Å². The fourth-order valence-corrected chi connectivity index (χ4v) is 3.72. The summed E-state index contributed by atoms with van der Waals surface area (Å²) in [6.07, 6.45) is 7.21. The van der Waals surface area contributed by atoms with Crippen molar-refractivity contribution < 1.29 is 4.79 Å². The van der Waals surface area contributed by atoms with Crippen molar-refractivity contribution in [1.82, 2.24) is 24.5 Å². The van der Waals surface area contributed by atoms with E-state index in [9.17, 15) is 4.79 Å². The monoisotopic (exact) mass is 355 g/mol. The number of carbonyl (C=O) groups excluding carboxylic acids is 1. The average molecular weight is 356 g/mol. The van der Waals surface area contributed by atoms with Crippen molar-refractivity contribution in [1.29, 1.82) is 0 Å². The summed E-state index contributed by atoms with van der Waals surface area (Å²) in [6, 6.07) is -0.108. The number of aromatic nitrogens is 4. The van der Waals surface area contributed by atoms with Crippen LogP contribution in [-0.2, 0) is 14.1 Å². The molecule has 3 rings (SSSR count). The first-order chi connectivity index (χ1) is 11.0. The van der Waals surface area contributed by atoms with Crippen LogP contribution in [-0.4, -0.2) is 36.9 Å². The number of amides is 1. The van der Waals surface area contributed by atoms with Gasteiger partial charge in [-0.3, -0.25) is 14.2 Å². The molecule has 0 aliphatic carbocycles. The normalized spacial score (nSPS) is 19.0. The van der Waals surface area contributed by atoms with Gasteiger partial charge in [0.15, 0.2) is 5.69 Å². The maximum atomic E-state index is 13.0. The number of carbonyl (C=O) groups is 1. The zero-order valence-corrected chi connectivity index (χ0v) is 14.7. The van der Waals surface area contributed by atoms with E-state index in [-0.39, 0.29) is 11.9 Å². The van der Waals surface area contributed by atoms with E-state index in [1.807, 2.05) is 11.9 Å². The zero-order valence-electron chi connectivity index (χ0n) is 13.2. The molecule has 0 unspecified atom stereocenters. The smallest absolute Gasteiger partial charge is 0.276 e. The van der Waals surface area contributed by atoms with E-state index in [1.54, 1.807) is 28.8 Å². The lowest BCUT2D eigenvalue weighted by Gasteiger charge is -2.30. The molecular formula is C15H19Cl2N5O. The van der Waals surface area contributed by atoms with Gasteiger partial charge in [-0.15, -0.1) is 0 Å². The Morgan fingerprint density at radius 1 is 1.22 bits per heavy atom. The Bertz CT molecular complexity index is 704. The van der Waals surface area contributed by atoms with Crippen LogP contribution < -0.4 is 0 Å². The van der Waals surface area contributed by atoms with Crippen LogP contribution in [0.2, 0.25) is 10.0 Å². The molecule has 2 aromatic heterocycles. The minimum Gasteiger partial charge on any atom is -0.329 e. The van der Waals surface area contributed by atoms with Crippen molar-refractivity contribution in [2.45, 2.75) is 31.7 Å². The number of aryl methyl sites for hydroxylation is 2. The standard InChI is InChI=1S/C15H19Cl2N5O/c1-20-9-11(17)13(19-20)15(23)22-7-5-3-4-6-12(22)14-10(16)8-18-21(14)2/h8-9,12H,3-7H2,1-2H3/t12-/m1/s1. The highest BCUT2D eigenvalue weighted by molar-refractivity contribution is 6.33. The van der Waals surface area contributed by atoms with Crippen LogP contribution in [0.4, 0.5) is 0 Å². The number of nitrogens with zero attached hydrogens (tertiary/aromatic N) is 5. The molecule has 8 heteroatoms. The topological polar surface area (TPSA) is 56.0 Å². The molecule has 1 atom stereocenters. The molecule has 0 saturated carbocycles. The second kappa shape index (κ2) is 6.53. The van der Waals surface area contributed by atoms with Crippen LogP contribution >= 0.6 is 23.2 Å². The van der Waals surface area contributed by atoms with Gasteiger partial charge in [-0.2, -0.15) is 10.2 Å². The van der Waals surface area contributed by atoms with Crippen molar-refractivity contribution in [3.8, 4) is 0 Å². The Morgan fingerprint density at radius 2 is 2.00 bits per heavy atom. The summed E-state index contributed by atoms with van der Waals surface area (Å²) >= 11 is 12.5. The van der Waals surface area contributed by atoms with Gasteiger partial charge >= 0.3 is 0 Å². The fraction of sp³-hybridized carbons (Fsp3) is 0.533. The van der Waals surface area contributed by atoms with Crippen LogP contribution in [0.1, 0.15) is 47.9 Å². The van der Waals surface area contributed by atoms with Crippen molar-refractivity contribution in [2.24, 2.45) is 14.1 Å². The second-order valence-corrected chi connectivity index (χ2v) is 6.68. The molecule has 1 saturated heterocycles. The first-order valence-corrected chi connectivity index (χ1v) is 8.42. The van der Waals surface area contributed by atoms with Gasteiger partial charge in [0.1, 0.15) is 0 Å². The third kappa shape index (κ3) is 3.10. The van der Waals surface area contributed by atoms with E-state index in [2.05, 4.69) is 10.2 Å². The minimum absolute atomic E-state index is 0.108. The van der Waals surface area contributed by atoms with Crippen molar-refractivity contribution in [3.63, 3.8) is 0 Å². The number of hydrogen-bond donors (Lipinski definition) is 0. The number of hydrogen-bond acceptors (Lipinski definition) is 3. The van der Waals surface area contributed by atoms with E-state index >= 15 is 0 Å². The zero-order chi connectivity index (χ0) is 16.6. The van der Waals surface area contributed by atoms with E-state index in [1.165, 1.54) is 0 Å². The van der Waals surface area contributed by atoms with E-state index in [0.717, 1.165) is 31.4 Å². The predicted octanol–water partition coefficient (Wildman–Crippen LogP) is 3.22. The lowest BCUT2D eigenvalue weighted by molar-refractivity contribution is 0.0667. The van der Waals surface area contributed by atoms with Gasteiger partial charge in [0.05, 0.1) is 28.0 Å². The third-order valence-corrected chi connectivity index (χ3v) is 4.82. The molecule has 2 aromatic rings. The molecule has 6 nitrogen and oxygen atoms in total. The van der Waals surface area contributed by atoms with E-state index < -0.39 is 0 Å². The van der Waals surface area contributed by atoms with Gasteiger partial charge in [-0.05, 0) is 12.8 Å². The molecule has 0 aromatic carbocycles. The summed E-state index contributed by atoms with van der Waals surface area (Å²) in [6.45, 7) is 0.665. The largest absolute Gasteiger partial charge is 0.329 e. The van der Waals surface area contributed by atoms with Crippen LogP contribution in [0.3, 0.4) is 0 Å². The summed E-state index contributed by atoms with van der Waals surface area (Å²) in [5.41, 5.74) is 1.16. The molecule has 1 fully saturated rings. The molecule has 0 radical (unpaired) electrons. The molecule has 1 aliphatic rings. The SMILES string of the molecule is Cn1cc(Cl)c(C(=O)N2CCCCC[C@@H]2c2c(Cl)cnn2C)n1. The quantitative estimate of drug-likeness (QED) is 0.830. The minimum atomic E-state index is -0.153. The maximum absolute atomic E-state index is 13.0. The fourth-order valence-electron chi connectivity index (χ4n) is 3.17. The highest BCUT2D eigenvalue weighted by Crippen LogP contribution is 2.35. The first kappa shape index (κ1) is 16.3. The van der Waals surface area contributed by atoms with Gasteiger partial charge in [-0.25, -0.2) is 0 Å².